The third kappa shape index (κ3) is 4.66. The summed E-state index contributed by atoms with van der Waals surface area (Å²) in [6.45, 7) is 3.47. The average molecular weight is 544 g/mol. The summed E-state index contributed by atoms with van der Waals surface area (Å²) in [7, 11) is 0. The first-order valence-electron chi connectivity index (χ1n) is 15.3. The van der Waals surface area contributed by atoms with Gasteiger partial charge in [-0.25, -0.2) is 4.68 Å². The Balaban J connectivity index is 0.975. The fraction of sp³-hybridized carbons (Fsp3) is 0.576. The minimum Gasteiger partial charge on any atom is -0.508 e. The fourth-order valence-corrected chi connectivity index (χ4v) is 8.65. The van der Waals surface area contributed by atoms with E-state index in [1.165, 1.54) is 17.5 Å². The quantitative estimate of drug-likeness (QED) is 0.373. The second kappa shape index (κ2) is 10.4. The largest absolute Gasteiger partial charge is 0.508 e. The number of benzene rings is 2. The van der Waals surface area contributed by atoms with Gasteiger partial charge in [0, 0.05) is 6.20 Å². The number of ether oxygens (including phenoxy) is 2. The number of aliphatic hydroxyl groups is 1. The number of aliphatic hydroxyl groups excluding tert-OH is 1. The van der Waals surface area contributed by atoms with E-state index in [0.29, 0.717) is 42.6 Å². The summed E-state index contributed by atoms with van der Waals surface area (Å²) in [4.78, 5) is 0. The summed E-state index contributed by atoms with van der Waals surface area (Å²) < 4.78 is 13.8. The minimum atomic E-state index is -0.164. The van der Waals surface area contributed by atoms with Crippen LogP contribution in [0.2, 0.25) is 0 Å². The Morgan fingerprint density at radius 1 is 1.07 bits per heavy atom. The fourth-order valence-electron chi connectivity index (χ4n) is 8.65. The van der Waals surface area contributed by atoms with Crippen molar-refractivity contribution in [2.75, 3.05) is 6.61 Å². The maximum Gasteiger partial charge on any atom is 0.161 e. The lowest BCUT2D eigenvalue weighted by atomic mass is 9.52. The molecule has 7 heteroatoms. The summed E-state index contributed by atoms with van der Waals surface area (Å²) in [5.74, 6) is 4.32. The Bertz CT molecular complexity index is 1360. The first-order chi connectivity index (χ1) is 19.5. The van der Waals surface area contributed by atoms with Gasteiger partial charge in [0.25, 0.3) is 0 Å². The van der Waals surface area contributed by atoms with Crippen molar-refractivity contribution in [3.05, 3.63) is 65.5 Å². The number of hydrogen-bond acceptors (Lipinski definition) is 6. The van der Waals surface area contributed by atoms with Crippen LogP contribution in [0.4, 0.5) is 0 Å². The third-order valence-electron chi connectivity index (χ3n) is 10.6. The van der Waals surface area contributed by atoms with Crippen LogP contribution in [0.5, 0.6) is 17.2 Å². The molecule has 7 nitrogen and oxygen atoms in total. The molecule has 7 atom stereocenters. The van der Waals surface area contributed by atoms with E-state index in [2.05, 4.69) is 23.3 Å². The van der Waals surface area contributed by atoms with Gasteiger partial charge in [-0.3, -0.25) is 0 Å². The van der Waals surface area contributed by atoms with Crippen molar-refractivity contribution < 1.29 is 19.7 Å². The summed E-state index contributed by atoms with van der Waals surface area (Å²) in [6.07, 6.45) is 11.5. The molecule has 0 spiro atoms. The van der Waals surface area contributed by atoms with Gasteiger partial charge in [0.15, 0.2) is 17.6 Å². The number of unbranched alkanes of at least 4 members (excludes halogenated alkanes) is 1. The molecule has 1 aromatic heterocycles. The molecule has 1 unspecified atom stereocenters. The van der Waals surface area contributed by atoms with E-state index in [1.807, 2.05) is 47.3 Å². The molecule has 0 bridgehead atoms. The van der Waals surface area contributed by atoms with Crippen molar-refractivity contribution >= 4 is 0 Å². The van der Waals surface area contributed by atoms with E-state index < -0.39 is 0 Å². The number of phenols is 1. The molecule has 212 valence electrons. The van der Waals surface area contributed by atoms with Crippen LogP contribution in [0.15, 0.2) is 48.7 Å². The number of aryl methyl sites for hydroxylation is 1. The Morgan fingerprint density at radius 3 is 2.85 bits per heavy atom. The highest BCUT2D eigenvalue weighted by molar-refractivity contribution is 5.41. The van der Waals surface area contributed by atoms with Crippen molar-refractivity contribution in [1.29, 1.82) is 0 Å². The van der Waals surface area contributed by atoms with Gasteiger partial charge in [-0.15, -0.1) is 5.10 Å². The normalized spacial score (nSPS) is 32.2. The average Bonchev–Trinajstić information content (AvgIpc) is 3.53. The van der Waals surface area contributed by atoms with Crippen LogP contribution in [-0.4, -0.2) is 44.0 Å². The Morgan fingerprint density at radius 2 is 1.95 bits per heavy atom. The zero-order valence-corrected chi connectivity index (χ0v) is 23.4. The lowest BCUT2D eigenvalue weighted by Gasteiger charge is -2.53. The van der Waals surface area contributed by atoms with Crippen LogP contribution in [0.25, 0.3) is 0 Å². The highest BCUT2D eigenvalue weighted by Gasteiger charge is 2.56. The van der Waals surface area contributed by atoms with Gasteiger partial charge in [0.05, 0.1) is 18.3 Å². The molecule has 0 radical (unpaired) electrons. The molecule has 7 rings (SSSR count). The van der Waals surface area contributed by atoms with Gasteiger partial charge >= 0.3 is 0 Å². The highest BCUT2D eigenvalue weighted by atomic mass is 16.6. The van der Waals surface area contributed by atoms with Crippen molar-refractivity contribution in [3.8, 4) is 17.2 Å². The van der Waals surface area contributed by atoms with Gasteiger partial charge in [-0.1, -0.05) is 36.8 Å². The first-order valence-corrected chi connectivity index (χ1v) is 15.3. The van der Waals surface area contributed by atoms with E-state index in [-0.39, 0.29) is 17.6 Å². The standard InChI is InChI=1S/C33H41N3O4/c1-33-15-14-27-26-11-10-24(37)17-22(26)16-21(32(27)28(33)12-13-31(33)38)6-2-3-7-23-18-36(35-34-23)19-25-20-39-29-8-4-5-9-30(29)40-25/h4-5,8-11,17-18,21,25,27-28,31-32,37-38H,2-3,6-7,12-16,19-20H2,1H3/t21-,25?,27-,28+,31+,32-,33+/m1/s1. The number of aromatic nitrogens is 3. The summed E-state index contributed by atoms with van der Waals surface area (Å²) in [6, 6.07) is 13.8. The summed E-state index contributed by atoms with van der Waals surface area (Å²) >= 11 is 0. The van der Waals surface area contributed by atoms with Crippen LogP contribution in [0.3, 0.4) is 0 Å². The van der Waals surface area contributed by atoms with E-state index in [4.69, 9.17) is 9.47 Å². The maximum atomic E-state index is 10.9. The molecule has 2 aromatic carbocycles. The van der Waals surface area contributed by atoms with Crippen molar-refractivity contribution in [1.82, 2.24) is 15.0 Å². The van der Waals surface area contributed by atoms with Crippen LogP contribution < -0.4 is 9.47 Å². The summed E-state index contributed by atoms with van der Waals surface area (Å²) in [5, 5.41) is 29.9. The molecule has 2 fully saturated rings. The SMILES string of the molecule is C[C@]12CC[C@@H]3c4ccc(O)cc4C[C@@H](CCCCc4cn(CC5COc6ccccc6O5)nn4)[C@H]3[C@@H]1CC[C@@H]2O. The third-order valence-corrected chi connectivity index (χ3v) is 10.6. The van der Waals surface area contributed by atoms with Gasteiger partial charge in [-0.2, -0.15) is 0 Å². The van der Waals surface area contributed by atoms with Crippen LogP contribution in [-0.2, 0) is 19.4 Å². The molecule has 2 saturated carbocycles. The van der Waals surface area contributed by atoms with Crippen molar-refractivity contribution in [2.45, 2.75) is 89.4 Å². The van der Waals surface area contributed by atoms with Gasteiger partial charge in [0.1, 0.15) is 12.4 Å². The van der Waals surface area contributed by atoms with Crippen LogP contribution in [0, 0.1) is 23.2 Å². The van der Waals surface area contributed by atoms with E-state index in [0.717, 1.165) is 68.6 Å². The molecule has 2 N–H and O–H groups in total. The monoisotopic (exact) mass is 543 g/mol. The number of fused-ring (bicyclic) bond motifs is 6. The first kappa shape index (κ1) is 25.9. The molecule has 0 saturated heterocycles. The Hall–Kier alpha value is -3.06. The van der Waals surface area contributed by atoms with Crippen LogP contribution >= 0.6 is 0 Å². The summed E-state index contributed by atoms with van der Waals surface area (Å²) in [5.41, 5.74) is 3.88. The predicted octanol–water partition coefficient (Wildman–Crippen LogP) is 5.68. The van der Waals surface area contributed by atoms with E-state index in [9.17, 15) is 10.2 Å². The predicted molar refractivity (Wildman–Crippen MR) is 152 cm³/mol. The Kier molecular flexibility index (Phi) is 6.73. The number of nitrogens with zero attached hydrogens (tertiary/aromatic N) is 3. The smallest absolute Gasteiger partial charge is 0.161 e. The Labute approximate surface area is 236 Å². The molecule has 40 heavy (non-hydrogen) atoms. The van der Waals surface area contributed by atoms with Gasteiger partial charge < -0.3 is 19.7 Å². The number of phenolic OH excluding ortho intramolecular Hbond substituents is 1. The van der Waals surface area contributed by atoms with E-state index >= 15 is 0 Å². The van der Waals surface area contributed by atoms with Crippen molar-refractivity contribution in [2.24, 2.45) is 23.2 Å². The number of aromatic hydroxyl groups is 1. The maximum absolute atomic E-state index is 10.9. The molecular formula is C33H41N3O4. The van der Waals surface area contributed by atoms with Gasteiger partial charge in [0.2, 0.25) is 0 Å². The van der Waals surface area contributed by atoms with Crippen molar-refractivity contribution in [3.63, 3.8) is 0 Å². The zero-order valence-electron chi connectivity index (χ0n) is 23.4. The zero-order chi connectivity index (χ0) is 27.3. The lowest BCUT2D eigenvalue weighted by Crippen LogP contribution is -2.47. The topological polar surface area (TPSA) is 89.6 Å². The number of rotatable bonds is 7. The number of para-hydroxylation sites is 2. The molecule has 3 aliphatic carbocycles. The van der Waals surface area contributed by atoms with Crippen LogP contribution in [0.1, 0.15) is 74.6 Å². The highest BCUT2D eigenvalue weighted by Crippen LogP contribution is 2.62. The van der Waals surface area contributed by atoms with Gasteiger partial charge in [-0.05, 0) is 116 Å². The molecule has 3 aromatic rings. The molecule has 4 aliphatic rings. The minimum absolute atomic E-state index is 0.0571. The van der Waals surface area contributed by atoms with E-state index in [1.54, 1.807) is 0 Å². The molecule has 2 heterocycles. The molecule has 0 amide bonds. The number of hydrogen-bond donors (Lipinski definition) is 2. The second-order valence-electron chi connectivity index (χ2n) is 13.0. The molecule has 1 aliphatic heterocycles. The lowest BCUT2D eigenvalue weighted by molar-refractivity contribution is -0.0396. The molecular weight excluding hydrogens is 502 g/mol. The second-order valence-corrected chi connectivity index (χ2v) is 13.0.